The van der Waals surface area contributed by atoms with Gasteiger partial charge in [0.2, 0.25) is 5.91 Å². The van der Waals surface area contributed by atoms with E-state index in [0.29, 0.717) is 4.88 Å². The number of nitrogens with zero attached hydrogens (tertiary/aromatic N) is 1. The molecule has 0 aliphatic carbocycles. The number of anilines is 1. The predicted molar refractivity (Wildman–Crippen MR) is 86.9 cm³/mol. The van der Waals surface area contributed by atoms with Crippen LogP contribution in [0.3, 0.4) is 0 Å². The fraction of sp³-hybridized carbons (Fsp3) is 0.188. The molecule has 0 spiro atoms. The van der Waals surface area contributed by atoms with Crippen LogP contribution in [-0.4, -0.2) is 29.3 Å². The smallest absolute Gasteiger partial charge is 0.324 e. The van der Waals surface area contributed by atoms with E-state index >= 15 is 0 Å². The second-order valence-electron chi connectivity index (χ2n) is 5.48. The van der Waals surface area contributed by atoms with Crippen LogP contribution in [0.4, 0.5) is 14.9 Å². The average molecular weight is 347 g/mol. The Hall–Kier alpha value is -2.74. The lowest BCUT2D eigenvalue weighted by Crippen LogP contribution is -2.41. The first-order valence-corrected chi connectivity index (χ1v) is 8.01. The van der Waals surface area contributed by atoms with Gasteiger partial charge in [0.25, 0.3) is 5.91 Å². The SMILES string of the molecule is CC1(c2cccs2)NC(=O)N(CC(=O)Nc2cccc(F)c2)C1=O. The minimum Gasteiger partial charge on any atom is -0.324 e. The number of amides is 4. The van der Waals surface area contributed by atoms with Crippen LogP contribution in [0.2, 0.25) is 0 Å². The Morgan fingerprint density at radius 1 is 1.33 bits per heavy atom. The molecule has 1 fully saturated rings. The van der Waals surface area contributed by atoms with Gasteiger partial charge in [-0.1, -0.05) is 12.1 Å². The van der Waals surface area contributed by atoms with E-state index in [1.807, 2.05) is 0 Å². The van der Waals surface area contributed by atoms with Gasteiger partial charge >= 0.3 is 6.03 Å². The number of hydrogen-bond donors (Lipinski definition) is 2. The van der Waals surface area contributed by atoms with Crippen molar-refractivity contribution in [2.24, 2.45) is 0 Å². The number of hydrogen-bond acceptors (Lipinski definition) is 4. The summed E-state index contributed by atoms with van der Waals surface area (Å²) >= 11 is 1.35. The number of carbonyl (C=O) groups is 3. The molecule has 0 bridgehead atoms. The Labute approximate surface area is 141 Å². The number of rotatable bonds is 4. The molecule has 1 saturated heterocycles. The second kappa shape index (κ2) is 6.04. The van der Waals surface area contributed by atoms with Crippen molar-refractivity contribution in [3.8, 4) is 0 Å². The van der Waals surface area contributed by atoms with E-state index in [-0.39, 0.29) is 5.69 Å². The average Bonchev–Trinajstić information content (AvgIpc) is 3.12. The highest BCUT2D eigenvalue weighted by Crippen LogP contribution is 2.31. The van der Waals surface area contributed by atoms with E-state index in [2.05, 4.69) is 10.6 Å². The quantitative estimate of drug-likeness (QED) is 0.833. The molecule has 2 N–H and O–H groups in total. The molecule has 2 heterocycles. The fourth-order valence-electron chi connectivity index (χ4n) is 2.48. The third-order valence-electron chi connectivity index (χ3n) is 3.70. The molecule has 1 aliphatic heterocycles. The van der Waals surface area contributed by atoms with Crippen LogP contribution >= 0.6 is 11.3 Å². The van der Waals surface area contributed by atoms with Gasteiger partial charge in [-0.05, 0) is 36.6 Å². The van der Waals surface area contributed by atoms with Gasteiger partial charge in [-0.15, -0.1) is 11.3 Å². The molecule has 0 radical (unpaired) electrons. The molecule has 4 amide bonds. The first-order chi connectivity index (χ1) is 11.4. The van der Waals surface area contributed by atoms with Gasteiger partial charge < -0.3 is 10.6 Å². The van der Waals surface area contributed by atoms with Crippen molar-refractivity contribution in [1.82, 2.24) is 10.2 Å². The molecule has 1 aromatic carbocycles. The molecule has 1 aliphatic rings. The number of urea groups is 1. The van der Waals surface area contributed by atoms with Crippen molar-refractivity contribution in [2.75, 3.05) is 11.9 Å². The summed E-state index contributed by atoms with van der Waals surface area (Å²) in [5.74, 6) is -1.57. The maximum atomic E-state index is 13.1. The second-order valence-corrected chi connectivity index (χ2v) is 6.43. The first-order valence-electron chi connectivity index (χ1n) is 7.13. The van der Waals surface area contributed by atoms with Crippen LogP contribution in [-0.2, 0) is 15.1 Å². The minimum atomic E-state index is -1.18. The van der Waals surface area contributed by atoms with Crippen LogP contribution < -0.4 is 10.6 Å². The number of imide groups is 1. The predicted octanol–water partition coefficient (Wildman–Crippen LogP) is 2.29. The van der Waals surface area contributed by atoms with Crippen molar-refractivity contribution in [1.29, 1.82) is 0 Å². The van der Waals surface area contributed by atoms with Crippen molar-refractivity contribution < 1.29 is 18.8 Å². The summed E-state index contributed by atoms with van der Waals surface area (Å²) in [6.07, 6.45) is 0. The highest BCUT2D eigenvalue weighted by molar-refractivity contribution is 7.10. The van der Waals surface area contributed by atoms with Crippen LogP contribution in [0.5, 0.6) is 0 Å². The Morgan fingerprint density at radius 2 is 2.12 bits per heavy atom. The van der Waals surface area contributed by atoms with Crippen molar-refractivity contribution in [2.45, 2.75) is 12.5 Å². The molecule has 0 saturated carbocycles. The van der Waals surface area contributed by atoms with Gasteiger partial charge in [0.15, 0.2) is 5.54 Å². The van der Waals surface area contributed by atoms with Crippen molar-refractivity contribution >= 4 is 34.9 Å². The lowest BCUT2D eigenvalue weighted by Gasteiger charge is -2.19. The van der Waals surface area contributed by atoms with E-state index < -0.39 is 35.7 Å². The topological polar surface area (TPSA) is 78.5 Å². The summed E-state index contributed by atoms with van der Waals surface area (Å²) < 4.78 is 13.1. The lowest BCUT2D eigenvalue weighted by atomic mass is 10.0. The molecule has 24 heavy (non-hydrogen) atoms. The molecule has 1 unspecified atom stereocenters. The third-order valence-corrected chi connectivity index (χ3v) is 4.79. The lowest BCUT2D eigenvalue weighted by molar-refractivity contribution is -0.133. The van der Waals surface area contributed by atoms with Crippen LogP contribution in [0.1, 0.15) is 11.8 Å². The maximum Gasteiger partial charge on any atom is 0.325 e. The van der Waals surface area contributed by atoms with E-state index in [1.165, 1.54) is 29.5 Å². The van der Waals surface area contributed by atoms with Gasteiger partial charge in [0.1, 0.15) is 12.4 Å². The Bertz CT molecular complexity index is 809. The highest BCUT2D eigenvalue weighted by Gasteiger charge is 2.50. The summed E-state index contributed by atoms with van der Waals surface area (Å²) in [4.78, 5) is 38.3. The molecule has 1 atom stereocenters. The highest BCUT2D eigenvalue weighted by atomic mass is 32.1. The molecule has 8 heteroatoms. The fourth-order valence-corrected chi connectivity index (χ4v) is 3.32. The summed E-state index contributed by atoms with van der Waals surface area (Å²) in [5.41, 5.74) is -0.919. The maximum absolute atomic E-state index is 13.1. The molecule has 1 aromatic heterocycles. The standard InChI is InChI=1S/C16H14FN3O3S/c1-16(12-6-3-7-24-12)14(22)20(15(23)19-16)9-13(21)18-11-5-2-4-10(17)8-11/h2-8H,9H2,1H3,(H,18,21)(H,19,23). The van der Waals surface area contributed by atoms with Crippen molar-refractivity contribution in [3.05, 3.63) is 52.5 Å². The zero-order valence-corrected chi connectivity index (χ0v) is 13.5. The number of thiophene rings is 1. The molecular formula is C16H14FN3O3S. The summed E-state index contributed by atoms with van der Waals surface area (Å²) in [6.45, 7) is 1.16. The van der Waals surface area contributed by atoms with Gasteiger partial charge in [0, 0.05) is 10.6 Å². The Kier molecular flexibility index (Phi) is 4.06. The van der Waals surface area contributed by atoms with Gasteiger partial charge in [-0.3, -0.25) is 14.5 Å². The first kappa shape index (κ1) is 16.1. The molecule has 124 valence electrons. The Balaban J connectivity index is 1.72. The van der Waals surface area contributed by atoms with E-state index in [4.69, 9.17) is 0 Å². The normalized spacial score (nSPS) is 20.2. The molecule has 6 nitrogen and oxygen atoms in total. The van der Waals surface area contributed by atoms with E-state index in [0.717, 1.165) is 11.0 Å². The number of benzene rings is 1. The van der Waals surface area contributed by atoms with Gasteiger partial charge in [-0.2, -0.15) is 0 Å². The zero-order valence-electron chi connectivity index (χ0n) is 12.7. The number of nitrogens with one attached hydrogen (secondary N) is 2. The monoisotopic (exact) mass is 347 g/mol. The van der Waals surface area contributed by atoms with Gasteiger partial charge in [0.05, 0.1) is 0 Å². The van der Waals surface area contributed by atoms with Crippen LogP contribution in [0.15, 0.2) is 41.8 Å². The summed E-state index contributed by atoms with van der Waals surface area (Å²) in [6, 6.07) is 8.27. The Morgan fingerprint density at radius 3 is 2.79 bits per heavy atom. The van der Waals surface area contributed by atoms with E-state index in [1.54, 1.807) is 24.4 Å². The molecule has 3 rings (SSSR count). The van der Waals surface area contributed by atoms with Crippen LogP contribution in [0.25, 0.3) is 0 Å². The van der Waals surface area contributed by atoms with Crippen molar-refractivity contribution in [3.63, 3.8) is 0 Å². The molecule has 2 aromatic rings. The summed E-state index contributed by atoms with van der Waals surface area (Å²) in [5, 5.41) is 6.89. The largest absolute Gasteiger partial charge is 0.325 e. The number of halogens is 1. The third kappa shape index (κ3) is 2.88. The van der Waals surface area contributed by atoms with Gasteiger partial charge in [-0.25, -0.2) is 9.18 Å². The minimum absolute atomic E-state index is 0.257. The van der Waals surface area contributed by atoms with Crippen LogP contribution in [0, 0.1) is 5.82 Å². The van der Waals surface area contributed by atoms with E-state index in [9.17, 15) is 18.8 Å². The molecular weight excluding hydrogens is 333 g/mol. The zero-order chi connectivity index (χ0) is 17.3. The number of carbonyl (C=O) groups excluding carboxylic acids is 3. The summed E-state index contributed by atoms with van der Waals surface area (Å²) in [7, 11) is 0.